The first-order chi connectivity index (χ1) is 7.74. The van der Waals surface area contributed by atoms with E-state index in [9.17, 15) is 4.79 Å². The molecule has 4 heteroatoms. The second-order valence-corrected chi connectivity index (χ2v) is 5.22. The number of amides is 1. The zero-order valence-electron chi connectivity index (χ0n) is 9.95. The minimum absolute atomic E-state index is 0.208. The van der Waals surface area contributed by atoms with Gasteiger partial charge in [-0.3, -0.25) is 9.69 Å². The van der Waals surface area contributed by atoms with Crippen molar-refractivity contribution in [2.75, 3.05) is 26.2 Å². The third-order valence-electron chi connectivity index (χ3n) is 3.89. The highest BCUT2D eigenvalue weighted by Crippen LogP contribution is 2.25. The van der Waals surface area contributed by atoms with E-state index in [1.165, 1.54) is 25.8 Å². The van der Waals surface area contributed by atoms with Gasteiger partial charge in [0.2, 0.25) is 5.91 Å². The Morgan fingerprint density at radius 2 is 1.94 bits per heavy atom. The number of primary amides is 1. The smallest absolute Gasteiger partial charge is 0.231 e. The summed E-state index contributed by atoms with van der Waals surface area (Å²) in [6, 6.07) is 0.657. The van der Waals surface area contributed by atoms with Crippen LogP contribution in [0.3, 0.4) is 0 Å². The van der Waals surface area contributed by atoms with Gasteiger partial charge in [0.15, 0.2) is 0 Å². The van der Waals surface area contributed by atoms with Crippen molar-refractivity contribution in [1.82, 2.24) is 10.2 Å². The van der Waals surface area contributed by atoms with Gasteiger partial charge in [-0.15, -0.1) is 0 Å². The van der Waals surface area contributed by atoms with Crippen LogP contribution < -0.4 is 11.1 Å². The van der Waals surface area contributed by atoms with Gasteiger partial charge in [-0.05, 0) is 38.1 Å². The second kappa shape index (κ2) is 5.64. The molecule has 2 fully saturated rings. The van der Waals surface area contributed by atoms with E-state index in [4.69, 9.17) is 5.73 Å². The number of hydrogen-bond acceptors (Lipinski definition) is 3. The Labute approximate surface area is 97.6 Å². The summed E-state index contributed by atoms with van der Waals surface area (Å²) >= 11 is 0. The van der Waals surface area contributed by atoms with Crippen LogP contribution >= 0.6 is 0 Å². The van der Waals surface area contributed by atoms with Gasteiger partial charge in [0, 0.05) is 19.1 Å². The summed E-state index contributed by atoms with van der Waals surface area (Å²) in [5, 5.41) is 3.65. The Balaban J connectivity index is 1.59. The lowest BCUT2D eigenvalue weighted by Crippen LogP contribution is -2.46. The highest BCUT2D eigenvalue weighted by atomic mass is 16.1. The van der Waals surface area contributed by atoms with Crippen molar-refractivity contribution >= 4 is 5.91 Å². The van der Waals surface area contributed by atoms with Crippen LogP contribution in [-0.4, -0.2) is 43.0 Å². The monoisotopic (exact) mass is 225 g/mol. The number of nitrogens with one attached hydrogen (secondary N) is 1. The number of carbonyl (C=O) groups excluding carboxylic acids is 1. The van der Waals surface area contributed by atoms with Gasteiger partial charge in [0.25, 0.3) is 0 Å². The Bertz CT molecular complexity index is 232. The number of nitrogens with zero attached hydrogens (tertiary/aromatic N) is 1. The Morgan fingerprint density at radius 3 is 2.44 bits per heavy atom. The second-order valence-electron chi connectivity index (χ2n) is 5.22. The van der Waals surface area contributed by atoms with Gasteiger partial charge < -0.3 is 11.1 Å². The van der Waals surface area contributed by atoms with Crippen LogP contribution in [0.4, 0.5) is 0 Å². The predicted molar refractivity (Wildman–Crippen MR) is 64.0 cm³/mol. The standard InChI is InChI=1S/C12H23N3O/c13-12(16)9-15-6-4-11(5-7-15)14-8-10-2-1-3-10/h10-11,14H,1-9H2,(H2,13,16). The molecule has 16 heavy (non-hydrogen) atoms. The number of piperidine rings is 1. The van der Waals surface area contributed by atoms with E-state index < -0.39 is 0 Å². The first kappa shape index (κ1) is 11.9. The van der Waals surface area contributed by atoms with Crippen molar-refractivity contribution in [3.63, 3.8) is 0 Å². The summed E-state index contributed by atoms with van der Waals surface area (Å²) in [7, 11) is 0. The lowest BCUT2D eigenvalue weighted by atomic mass is 9.85. The summed E-state index contributed by atoms with van der Waals surface area (Å²) in [4.78, 5) is 12.9. The molecule has 2 rings (SSSR count). The van der Waals surface area contributed by atoms with Gasteiger partial charge in [-0.25, -0.2) is 0 Å². The van der Waals surface area contributed by atoms with Gasteiger partial charge in [0.1, 0.15) is 0 Å². The third-order valence-corrected chi connectivity index (χ3v) is 3.89. The summed E-state index contributed by atoms with van der Waals surface area (Å²) in [5.41, 5.74) is 5.19. The number of likely N-dealkylation sites (tertiary alicyclic amines) is 1. The molecular formula is C12H23N3O. The van der Waals surface area contributed by atoms with E-state index in [1.807, 2.05) is 0 Å². The van der Waals surface area contributed by atoms with E-state index in [-0.39, 0.29) is 5.91 Å². The number of carbonyl (C=O) groups is 1. The quantitative estimate of drug-likeness (QED) is 0.709. The normalized spacial score (nSPS) is 24.2. The summed E-state index contributed by atoms with van der Waals surface area (Å²) in [6.07, 6.45) is 6.55. The van der Waals surface area contributed by atoms with E-state index in [0.29, 0.717) is 12.6 Å². The fraction of sp³-hybridized carbons (Fsp3) is 0.917. The van der Waals surface area contributed by atoms with E-state index in [1.54, 1.807) is 0 Å². The zero-order chi connectivity index (χ0) is 11.4. The number of rotatable bonds is 5. The lowest BCUT2D eigenvalue weighted by Gasteiger charge is -2.34. The maximum Gasteiger partial charge on any atom is 0.231 e. The molecule has 4 nitrogen and oxygen atoms in total. The molecule has 0 unspecified atom stereocenters. The maximum atomic E-state index is 10.8. The molecule has 2 aliphatic rings. The van der Waals surface area contributed by atoms with Crippen LogP contribution in [-0.2, 0) is 4.79 Å². The molecule has 0 radical (unpaired) electrons. The van der Waals surface area contributed by atoms with E-state index in [2.05, 4.69) is 10.2 Å². The minimum Gasteiger partial charge on any atom is -0.369 e. The fourth-order valence-corrected chi connectivity index (χ4v) is 2.55. The maximum absolute atomic E-state index is 10.8. The first-order valence-electron chi connectivity index (χ1n) is 6.48. The van der Waals surface area contributed by atoms with Crippen LogP contribution in [0.15, 0.2) is 0 Å². The third kappa shape index (κ3) is 3.46. The largest absolute Gasteiger partial charge is 0.369 e. The van der Waals surface area contributed by atoms with Gasteiger partial charge in [-0.2, -0.15) is 0 Å². The van der Waals surface area contributed by atoms with Crippen LogP contribution in [0, 0.1) is 5.92 Å². The SMILES string of the molecule is NC(=O)CN1CCC(NCC2CCC2)CC1. The molecule has 0 aromatic rings. The van der Waals surface area contributed by atoms with Gasteiger partial charge >= 0.3 is 0 Å². The fourth-order valence-electron chi connectivity index (χ4n) is 2.55. The van der Waals surface area contributed by atoms with Crippen molar-refractivity contribution in [1.29, 1.82) is 0 Å². The molecule has 1 saturated carbocycles. The molecule has 0 aromatic carbocycles. The average molecular weight is 225 g/mol. The van der Waals surface area contributed by atoms with Crippen LogP contribution in [0.5, 0.6) is 0 Å². The molecule has 0 spiro atoms. The minimum atomic E-state index is -0.208. The molecule has 3 N–H and O–H groups in total. The molecule has 0 aromatic heterocycles. The summed E-state index contributed by atoms with van der Waals surface area (Å²) in [6.45, 7) is 3.63. The highest BCUT2D eigenvalue weighted by molar-refractivity contribution is 5.75. The first-order valence-corrected chi connectivity index (χ1v) is 6.48. The molecule has 1 saturated heterocycles. The van der Waals surface area contributed by atoms with Gasteiger partial charge in [-0.1, -0.05) is 6.42 Å². The molecule has 1 amide bonds. The molecule has 1 aliphatic heterocycles. The molecule has 92 valence electrons. The summed E-state index contributed by atoms with van der Waals surface area (Å²) < 4.78 is 0. The molecular weight excluding hydrogens is 202 g/mol. The van der Waals surface area contributed by atoms with Crippen molar-refractivity contribution in [2.45, 2.75) is 38.1 Å². The topological polar surface area (TPSA) is 58.4 Å². The molecule has 0 bridgehead atoms. The Morgan fingerprint density at radius 1 is 1.25 bits per heavy atom. The zero-order valence-corrected chi connectivity index (χ0v) is 9.95. The van der Waals surface area contributed by atoms with Gasteiger partial charge in [0.05, 0.1) is 6.54 Å². The summed E-state index contributed by atoms with van der Waals surface area (Å²) in [5.74, 6) is 0.726. The predicted octanol–water partition coefficient (Wildman–Crippen LogP) is 0.326. The van der Waals surface area contributed by atoms with E-state index in [0.717, 1.165) is 31.8 Å². The Hall–Kier alpha value is -0.610. The van der Waals surface area contributed by atoms with Crippen molar-refractivity contribution < 1.29 is 4.79 Å². The number of nitrogens with two attached hydrogens (primary N) is 1. The van der Waals surface area contributed by atoms with Crippen LogP contribution in [0.2, 0.25) is 0 Å². The van der Waals surface area contributed by atoms with Crippen LogP contribution in [0.25, 0.3) is 0 Å². The lowest BCUT2D eigenvalue weighted by molar-refractivity contribution is -0.119. The number of hydrogen-bond donors (Lipinski definition) is 2. The van der Waals surface area contributed by atoms with E-state index >= 15 is 0 Å². The van der Waals surface area contributed by atoms with Crippen molar-refractivity contribution in [3.8, 4) is 0 Å². The highest BCUT2D eigenvalue weighted by Gasteiger charge is 2.22. The molecule has 1 aliphatic carbocycles. The average Bonchev–Trinajstić information content (AvgIpc) is 2.17. The van der Waals surface area contributed by atoms with Crippen molar-refractivity contribution in [3.05, 3.63) is 0 Å². The van der Waals surface area contributed by atoms with Crippen molar-refractivity contribution in [2.24, 2.45) is 11.7 Å². The molecule has 0 atom stereocenters. The Kier molecular flexibility index (Phi) is 4.18. The van der Waals surface area contributed by atoms with Crippen LogP contribution in [0.1, 0.15) is 32.1 Å². The molecule has 1 heterocycles.